The summed E-state index contributed by atoms with van der Waals surface area (Å²) in [6.07, 6.45) is 7.98. The van der Waals surface area contributed by atoms with Crippen molar-refractivity contribution in [2.75, 3.05) is 0 Å². The van der Waals surface area contributed by atoms with Gasteiger partial charge in [-0.1, -0.05) is 32.8 Å². The lowest BCUT2D eigenvalue weighted by Gasteiger charge is -2.51. The molecule has 2 aliphatic carbocycles. The molecule has 1 aromatic heterocycles. The van der Waals surface area contributed by atoms with E-state index in [-0.39, 0.29) is 17.5 Å². The fourth-order valence-corrected chi connectivity index (χ4v) is 4.45. The van der Waals surface area contributed by atoms with Crippen molar-refractivity contribution in [1.82, 2.24) is 0 Å². The second-order valence-electron chi connectivity index (χ2n) is 7.68. The number of furan rings is 1. The number of carbonyl (C=O) groups excluding carboxylic acids is 1. The Kier molecular flexibility index (Phi) is 4.16. The average Bonchev–Trinajstić information content (AvgIpc) is 2.88. The first-order valence-corrected chi connectivity index (χ1v) is 8.79. The van der Waals surface area contributed by atoms with Crippen molar-refractivity contribution in [2.45, 2.75) is 66.4 Å². The predicted octanol–water partition coefficient (Wildman–Crippen LogP) is 5.14. The standard InChI is InChI=1S/C20H28O3/c1-6-12(2)19(21)23-18-16-9-7-8-14(4)20(16,5)10-15-13(3)11-22-17(15)18/h6,11,14,16,18H,7-10H2,1-5H3/t14-,16+,18-,20-/m0/s1. The maximum atomic E-state index is 12.4. The van der Waals surface area contributed by atoms with Crippen LogP contribution in [0.15, 0.2) is 22.3 Å². The van der Waals surface area contributed by atoms with Crippen LogP contribution in [0.5, 0.6) is 0 Å². The summed E-state index contributed by atoms with van der Waals surface area (Å²) in [4.78, 5) is 12.4. The highest BCUT2D eigenvalue weighted by atomic mass is 16.6. The van der Waals surface area contributed by atoms with Gasteiger partial charge in [-0.2, -0.15) is 0 Å². The molecule has 1 heterocycles. The zero-order chi connectivity index (χ0) is 16.8. The Labute approximate surface area is 139 Å². The van der Waals surface area contributed by atoms with Crippen molar-refractivity contribution >= 4 is 5.97 Å². The van der Waals surface area contributed by atoms with Gasteiger partial charge in [0.25, 0.3) is 0 Å². The number of carbonyl (C=O) groups is 1. The van der Waals surface area contributed by atoms with Crippen LogP contribution in [0.2, 0.25) is 0 Å². The molecule has 4 atom stereocenters. The molecule has 23 heavy (non-hydrogen) atoms. The van der Waals surface area contributed by atoms with Gasteiger partial charge in [-0.15, -0.1) is 0 Å². The van der Waals surface area contributed by atoms with Crippen LogP contribution in [0.1, 0.15) is 69.9 Å². The van der Waals surface area contributed by atoms with Crippen molar-refractivity contribution < 1.29 is 13.9 Å². The highest BCUT2D eigenvalue weighted by Gasteiger charge is 2.52. The van der Waals surface area contributed by atoms with Gasteiger partial charge >= 0.3 is 5.97 Å². The number of esters is 1. The molecule has 126 valence electrons. The van der Waals surface area contributed by atoms with E-state index in [4.69, 9.17) is 9.15 Å². The van der Waals surface area contributed by atoms with Crippen LogP contribution in [-0.4, -0.2) is 5.97 Å². The van der Waals surface area contributed by atoms with Crippen LogP contribution in [0.25, 0.3) is 0 Å². The molecule has 3 heteroatoms. The van der Waals surface area contributed by atoms with E-state index in [2.05, 4.69) is 20.8 Å². The Morgan fingerprint density at radius 2 is 2.17 bits per heavy atom. The summed E-state index contributed by atoms with van der Waals surface area (Å²) in [6.45, 7) is 10.5. The van der Waals surface area contributed by atoms with Crippen LogP contribution in [0, 0.1) is 24.2 Å². The monoisotopic (exact) mass is 316 g/mol. The highest BCUT2D eigenvalue weighted by Crippen LogP contribution is 2.57. The van der Waals surface area contributed by atoms with Gasteiger partial charge in [0.1, 0.15) is 5.76 Å². The molecular weight excluding hydrogens is 288 g/mol. The highest BCUT2D eigenvalue weighted by molar-refractivity contribution is 5.87. The fourth-order valence-electron chi connectivity index (χ4n) is 4.45. The predicted molar refractivity (Wildman–Crippen MR) is 90.0 cm³/mol. The zero-order valence-corrected chi connectivity index (χ0v) is 14.9. The molecule has 0 aromatic carbocycles. The molecule has 1 fully saturated rings. The Bertz CT molecular complexity index is 639. The number of rotatable bonds is 2. The lowest BCUT2D eigenvalue weighted by molar-refractivity contribution is -0.157. The molecule has 0 unspecified atom stereocenters. The Morgan fingerprint density at radius 3 is 2.87 bits per heavy atom. The van der Waals surface area contributed by atoms with Gasteiger partial charge in [-0.05, 0) is 50.5 Å². The topological polar surface area (TPSA) is 39.4 Å². The number of allylic oxidation sites excluding steroid dienone is 1. The Morgan fingerprint density at radius 1 is 1.43 bits per heavy atom. The summed E-state index contributed by atoms with van der Waals surface area (Å²) in [5.41, 5.74) is 3.27. The molecule has 0 spiro atoms. The molecule has 0 aliphatic heterocycles. The third-order valence-electron chi connectivity index (χ3n) is 6.43. The molecule has 2 aliphatic rings. The van der Waals surface area contributed by atoms with Gasteiger partial charge in [-0.25, -0.2) is 4.79 Å². The molecule has 1 aromatic rings. The summed E-state index contributed by atoms with van der Waals surface area (Å²) in [5, 5.41) is 0. The van der Waals surface area contributed by atoms with Crippen molar-refractivity contribution in [3.05, 3.63) is 34.8 Å². The molecule has 3 rings (SSSR count). The lowest BCUT2D eigenvalue weighted by Crippen LogP contribution is -2.46. The molecule has 0 radical (unpaired) electrons. The van der Waals surface area contributed by atoms with Crippen molar-refractivity contribution in [3.8, 4) is 0 Å². The number of hydrogen-bond acceptors (Lipinski definition) is 3. The van der Waals surface area contributed by atoms with Crippen molar-refractivity contribution in [1.29, 1.82) is 0 Å². The molecular formula is C20H28O3. The number of aryl methyl sites for hydroxylation is 1. The van der Waals surface area contributed by atoms with E-state index >= 15 is 0 Å². The largest absolute Gasteiger partial charge is 0.465 e. The van der Waals surface area contributed by atoms with E-state index in [9.17, 15) is 4.79 Å². The maximum Gasteiger partial charge on any atom is 0.334 e. The van der Waals surface area contributed by atoms with Crippen molar-refractivity contribution in [2.24, 2.45) is 17.3 Å². The summed E-state index contributed by atoms with van der Waals surface area (Å²) in [7, 11) is 0. The fraction of sp³-hybridized carbons (Fsp3) is 0.650. The summed E-state index contributed by atoms with van der Waals surface area (Å²) in [6, 6.07) is 0. The third-order valence-corrected chi connectivity index (χ3v) is 6.43. The molecule has 0 amide bonds. The van der Waals surface area contributed by atoms with Crippen LogP contribution in [0.3, 0.4) is 0 Å². The number of fused-ring (bicyclic) bond motifs is 2. The van der Waals surface area contributed by atoms with Gasteiger partial charge in [0, 0.05) is 17.1 Å². The SMILES string of the molecule is CC=C(C)C(=O)O[C@@H]1c2occ(C)c2C[C@]2(C)[C@@H]1CCC[C@@H]2C. The van der Waals surface area contributed by atoms with Gasteiger partial charge in [0.05, 0.1) is 6.26 Å². The number of hydrogen-bond donors (Lipinski definition) is 0. The second kappa shape index (κ2) is 5.85. The first kappa shape index (κ1) is 16.4. The smallest absolute Gasteiger partial charge is 0.334 e. The summed E-state index contributed by atoms with van der Waals surface area (Å²) >= 11 is 0. The quantitative estimate of drug-likeness (QED) is 0.560. The third kappa shape index (κ3) is 2.54. The molecule has 0 saturated heterocycles. The van der Waals surface area contributed by atoms with E-state index in [0.29, 0.717) is 17.4 Å². The molecule has 3 nitrogen and oxygen atoms in total. The summed E-state index contributed by atoms with van der Waals surface area (Å²) in [5.74, 6) is 1.64. The van der Waals surface area contributed by atoms with E-state index in [0.717, 1.165) is 18.6 Å². The van der Waals surface area contributed by atoms with Crippen LogP contribution in [0.4, 0.5) is 0 Å². The lowest BCUT2D eigenvalue weighted by atomic mass is 9.55. The number of ether oxygens (including phenoxy) is 1. The minimum absolute atomic E-state index is 0.175. The minimum atomic E-state index is -0.248. The second-order valence-corrected chi connectivity index (χ2v) is 7.68. The van der Waals surface area contributed by atoms with Crippen molar-refractivity contribution in [3.63, 3.8) is 0 Å². The van der Waals surface area contributed by atoms with E-state index in [1.165, 1.54) is 24.0 Å². The molecule has 0 N–H and O–H groups in total. The zero-order valence-electron chi connectivity index (χ0n) is 14.9. The first-order chi connectivity index (χ1) is 10.9. The normalized spacial score (nSPS) is 33.8. The van der Waals surface area contributed by atoms with Gasteiger partial charge in [0.2, 0.25) is 0 Å². The van der Waals surface area contributed by atoms with Gasteiger partial charge in [0.15, 0.2) is 6.10 Å². The average molecular weight is 316 g/mol. The Hall–Kier alpha value is -1.51. The van der Waals surface area contributed by atoms with E-state index in [1.54, 1.807) is 0 Å². The Balaban J connectivity index is 2.02. The molecule has 0 bridgehead atoms. The van der Waals surface area contributed by atoms with Gasteiger partial charge < -0.3 is 9.15 Å². The molecule has 1 saturated carbocycles. The first-order valence-electron chi connectivity index (χ1n) is 8.79. The van der Waals surface area contributed by atoms with Crippen LogP contribution in [-0.2, 0) is 16.0 Å². The summed E-state index contributed by atoms with van der Waals surface area (Å²) < 4.78 is 11.8. The van der Waals surface area contributed by atoms with Crippen LogP contribution >= 0.6 is 0 Å². The van der Waals surface area contributed by atoms with E-state index in [1.807, 2.05) is 26.2 Å². The van der Waals surface area contributed by atoms with Gasteiger partial charge in [-0.3, -0.25) is 0 Å². The van der Waals surface area contributed by atoms with E-state index < -0.39 is 0 Å². The minimum Gasteiger partial charge on any atom is -0.465 e. The van der Waals surface area contributed by atoms with Crippen LogP contribution < -0.4 is 0 Å². The maximum absolute atomic E-state index is 12.4.